The molecule has 17 heavy (non-hydrogen) atoms. The molecular formula is C5H4N8O4. The Bertz CT molecular complexity index is 599. The lowest BCUT2D eigenvalue weighted by atomic mass is 10.9. The second kappa shape index (κ2) is 3.58. The number of aryl methyl sites for hydroxylation is 1. The van der Waals surface area contributed by atoms with Crippen molar-refractivity contribution in [2.24, 2.45) is 7.05 Å². The first-order valence-electron chi connectivity index (χ1n) is 4.11. The topological polar surface area (TPSA) is 148 Å². The summed E-state index contributed by atoms with van der Waals surface area (Å²) < 4.78 is 1.99. The fraction of sp³-hybridized carbons (Fsp3) is 0.200. The lowest BCUT2D eigenvalue weighted by molar-refractivity contribution is -0.394. The van der Waals surface area contributed by atoms with Crippen LogP contribution in [0, 0.1) is 20.2 Å². The molecule has 0 amide bonds. The number of hydrogen-bond donors (Lipinski definition) is 0. The first-order chi connectivity index (χ1) is 7.99. The molecule has 2 aromatic rings. The van der Waals surface area contributed by atoms with E-state index in [-0.39, 0.29) is 5.95 Å². The maximum Gasteiger partial charge on any atom is 0.493 e. The largest absolute Gasteiger partial charge is 0.493 e. The van der Waals surface area contributed by atoms with Gasteiger partial charge in [0.1, 0.15) is 0 Å². The molecular weight excluding hydrogens is 236 g/mol. The van der Waals surface area contributed by atoms with Crippen LogP contribution in [0.2, 0.25) is 0 Å². The minimum absolute atomic E-state index is 0.0442. The highest BCUT2D eigenvalue weighted by molar-refractivity contribution is 5.17. The van der Waals surface area contributed by atoms with Crippen molar-refractivity contribution >= 4 is 11.9 Å². The molecule has 0 bridgehead atoms. The molecule has 0 aliphatic heterocycles. The van der Waals surface area contributed by atoms with Crippen LogP contribution in [0.3, 0.4) is 0 Å². The third-order valence-electron chi connectivity index (χ3n) is 1.74. The Labute approximate surface area is 91.8 Å². The quantitative estimate of drug-likeness (QED) is 0.500. The van der Waals surface area contributed by atoms with Crippen molar-refractivity contribution in [3.05, 3.63) is 26.6 Å². The molecule has 0 N–H and O–H groups in total. The SMILES string of the molecule is Cn1nc([N+](=O)[O-])nc1-n1cnc([N+](=O)[O-])n1. The van der Waals surface area contributed by atoms with Gasteiger partial charge < -0.3 is 20.2 Å². The molecule has 0 unspecified atom stereocenters. The van der Waals surface area contributed by atoms with Gasteiger partial charge in [0.05, 0.1) is 0 Å². The van der Waals surface area contributed by atoms with Crippen molar-refractivity contribution in [2.75, 3.05) is 0 Å². The fourth-order valence-electron chi connectivity index (χ4n) is 1.07. The van der Waals surface area contributed by atoms with Crippen molar-refractivity contribution in [3.63, 3.8) is 0 Å². The summed E-state index contributed by atoms with van der Waals surface area (Å²) >= 11 is 0. The van der Waals surface area contributed by atoms with Crippen molar-refractivity contribution in [3.8, 4) is 5.95 Å². The van der Waals surface area contributed by atoms with Crippen LogP contribution < -0.4 is 0 Å². The molecule has 0 atom stereocenters. The highest BCUT2D eigenvalue weighted by Gasteiger charge is 2.25. The lowest BCUT2D eigenvalue weighted by Gasteiger charge is -1.86. The van der Waals surface area contributed by atoms with Crippen LogP contribution in [0.15, 0.2) is 6.33 Å². The van der Waals surface area contributed by atoms with E-state index in [0.717, 1.165) is 15.7 Å². The number of hydrogen-bond acceptors (Lipinski definition) is 8. The van der Waals surface area contributed by atoms with Gasteiger partial charge in [-0.05, 0) is 14.8 Å². The minimum Gasteiger partial charge on any atom is -0.390 e. The average molecular weight is 240 g/mol. The van der Waals surface area contributed by atoms with E-state index in [1.165, 1.54) is 7.05 Å². The maximum absolute atomic E-state index is 10.4. The van der Waals surface area contributed by atoms with E-state index in [2.05, 4.69) is 20.2 Å². The van der Waals surface area contributed by atoms with Crippen molar-refractivity contribution in [1.82, 2.24) is 29.5 Å². The highest BCUT2D eigenvalue weighted by atomic mass is 16.6. The Morgan fingerprint density at radius 2 is 1.82 bits per heavy atom. The van der Waals surface area contributed by atoms with E-state index in [1.807, 2.05) is 0 Å². The predicted octanol–water partition coefficient (Wildman–Crippen LogP) is -0.788. The lowest BCUT2D eigenvalue weighted by Crippen LogP contribution is -2.05. The smallest absolute Gasteiger partial charge is 0.390 e. The Morgan fingerprint density at radius 1 is 1.18 bits per heavy atom. The van der Waals surface area contributed by atoms with E-state index in [1.54, 1.807) is 0 Å². The van der Waals surface area contributed by atoms with Gasteiger partial charge in [0.25, 0.3) is 0 Å². The normalized spacial score (nSPS) is 10.4. The van der Waals surface area contributed by atoms with Gasteiger partial charge in [-0.2, -0.15) is 4.68 Å². The molecule has 0 saturated carbocycles. The van der Waals surface area contributed by atoms with Crippen LogP contribution in [0.5, 0.6) is 0 Å². The molecule has 0 radical (unpaired) electrons. The Morgan fingerprint density at radius 3 is 2.29 bits per heavy atom. The third kappa shape index (κ3) is 1.77. The number of nitro groups is 2. The van der Waals surface area contributed by atoms with E-state index in [4.69, 9.17) is 0 Å². The minimum atomic E-state index is -0.790. The Hall–Kier alpha value is -2.92. The van der Waals surface area contributed by atoms with Gasteiger partial charge in [-0.1, -0.05) is 9.67 Å². The Balaban J connectivity index is 2.45. The van der Waals surface area contributed by atoms with Crippen LogP contribution in [0.25, 0.3) is 5.95 Å². The monoisotopic (exact) mass is 240 g/mol. The fourth-order valence-corrected chi connectivity index (χ4v) is 1.07. The zero-order valence-electron chi connectivity index (χ0n) is 8.29. The molecule has 2 rings (SSSR count). The number of nitrogens with zero attached hydrogens (tertiary/aromatic N) is 8. The second-order valence-electron chi connectivity index (χ2n) is 2.84. The van der Waals surface area contributed by atoms with Gasteiger partial charge in [0, 0.05) is 17.2 Å². The molecule has 0 aromatic carbocycles. The summed E-state index contributed by atoms with van der Waals surface area (Å²) in [5.41, 5.74) is 0. The van der Waals surface area contributed by atoms with Gasteiger partial charge in [-0.3, -0.25) is 0 Å². The zero-order chi connectivity index (χ0) is 12.6. The second-order valence-corrected chi connectivity index (χ2v) is 2.84. The number of rotatable bonds is 3. The summed E-state index contributed by atoms with van der Waals surface area (Å²) in [6.07, 6.45) is 1.02. The maximum atomic E-state index is 10.4. The van der Waals surface area contributed by atoms with Crippen LogP contribution >= 0.6 is 0 Å². The molecule has 12 heteroatoms. The van der Waals surface area contributed by atoms with E-state index < -0.39 is 21.7 Å². The van der Waals surface area contributed by atoms with Crippen molar-refractivity contribution in [2.45, 2.75) is 0 Å². The summed E-state index contributed by atoms with van der Waals surface area (Å²) in [7, 11) is 1.39. The van der Waals surface area contributed by atoms with Gasteiger partial charge in [0.2, 0.25) is 6.33 Å². The summed E-state index contributed by atoms with van der Waals surface area (Å²) in [4.78, 5) is 26.1. The third-order valence-corrected chi connectivity index (χ3v) is 1.74. The summed E-state index contributed by atoms with van der Waals surface area (Å²) in [5, 5.41) is 27.7. The highest BCUT2D eigenvalue weighted by Crippen LogP contribution is 2.10. The summed E-state index contributed by atoms with van der Waals surface area (Å²) in [6.45, 7) is 0. The van der Waals surface area contributed by atoms with Crippen LogP contribution in [0.1, 0.15) is 0 Å². The van der Waals surface area contributed by atoms with Gasteiger partial charge in [-0.25, -0.2) is 0 Å². The zero-order valence-corrected chi connectivity index (χ0v) is 8.29. The van der Waals surface area contributed by atoms with Crippen LogP contribution in [-0.2, 0) is 7.05 Å². The average Bonchev–Trinajstić information content (AvgIpc) is 2.83. The molecule has 2 heterocycles. The van der Waals surface area contributed by atoms with E-state index in [0.29, 0.717) is 0 Å². The predicted molar refractivity (Wildman–Crippen MR) is 49.2 cm³/mol. The first kappa shape index (κ1) is 10.6. The van der Waals surface area contributed by atoms with Gasteiger partial charge in [0.15, 0.2) is 0 Å². The van der Waals surface area contributed by atoms with Gasteiger partial charge in [-0.15, -0.1) is 0 Å². The molecule has 0 saturated heterocycles. The molecule has 0 spiro atoms. The summed E-state index contributed by atoms with van der Waals surface area (Å²) in [5.74, 6) is -1.30. The molecule has 2 aromatic heterocycles. The van der Waals surface area contributed by atoms with Crippen LogP contribution in [0.4, 0.5) is 11.9 Å². The van der Waals surface area contributed by atoms with Crippen LogP contribution in [-0.4, -0.2) is 39.4 Å². The first-order valence-corrected chi connectivity index (χ1v) is 4.11. The summed E-state index contributed by atoms with van der Waals surface area (Å²) in [6, 6.07) is 0. The molecule has 0 fully saturated rings. The molecule has 12 nitrogen and oxygen atoms in total. The van der Waals surface area contributed by atoms with E-state index in [9.17, 15) is 20.2 Å². The Kier molecular flexibility index (Phi) is 2.23. The van der Waals surface area contributed by atoms with E-state index >= 15 is 0 Å². The molecule has 88 valence electrons. The standard InChI is InChI=1S/C5H4N8O4/c1-10-5(7-4(8-10)13(16)17)11-2-6-3(9-11)12(14)15/h2H,1H3. The van der Waals surface area contributed by atoms with Crippen molar-refractivity contribution < 1.29 is 9.85 Å². The van der Waals surface area contributed by atoms with Crippen molar-refractivity contribution in [1.29, 1.82) is 0 Å². The molecule has 0 aliphatic rings. The molecule has 0 aliphatic carbocycles. The van der Waals surface area contributed by atoms with Gasteiger partial charge >= 0.3 is 17.8 Å². The number of aromatic nitrogens is 6.